The molecule has 0 fully saturated rings. The summed E-state index contributed by atoms with van der Waals surface area (Å²) in [5.41, 5.74) is 5.68. The van der Waals surface area contributed by atoms with Gasteiger partial charge in [0.1, 0.15) is 0 Å². The monoisotopic (exact) mass is 218 g/mol. The summed E-state index contributed by atoms with van der Waals surface area (Å²) >= 11 is 0. The number of rotatable bonds is 3. The summed E-state index contributed by atoms with van der Waals surface area (Å²) in [4.78, 5) is 12.4. The summed E-state index contributed by atoms with van der Waals surface area (Å²) in [5.74, 6) is -0.603. The highest BCUT2D eigenvalue weighted by molar-refractivity contribution is 5.96. The Balaban J connectivity index is 2.80. The van der Waals surface area contributed by atoms with E-state index in [1.165, 1.54) is 17.9 Å². The van der Waals surface area contributed by atoms with E-state index in [2.05, 4.69) is 5.10 Å². The van der Waals surface area contributed by atoms with Gasteiger partial charge >= 0.3 is 0 Å². The maximum absolute atomic E-state index is 12.0. The molecule has 0 saturated heterocycles. The Kier molecular flexibility index (Phi) is 3.23. The molecule has 0 saturated carbocycles. The van der Waals surface area contributed by atoms with Gasteiger partial charge in [-0.2, -0.15) is 5.10 Å². The fourth-order valence-electron chi connectivity index (χ4n) is 1.14. The molecule has 0 atom stereocenters. The molecule has 0 unspecified atom stereocenters. The first-order valence-electron chi connectivity index (χ1n) is 4.24. The van der Waals surface area contributed by atoms with Gasteiger partial charge < -0.3 is 10.6 Å². The SMILES string of the molecule is CN(CC(F)F)C(=O)c1nn(C)cc1N. The average molecular weight is 218 g/mol. The number of halogens is 2. The summed E-state index contributed by atoms with van der Waals surface area (Å²) in [7, 11) is 2.88. The predicted molar refractivity (Wildman–Crippen MR) is 50.6 cm³/mol. The number of hydrogen-bond donors (Lipinski definition) is 1. The van der Waals surface area contributed by atoms with Crippen LogP contribution in [-0.4, -0.2) is 40.6 Å². The molecular formula is C8H12F2N4O. The van der Waals surface area contributed by atoms with Gasteiger partial charge in [0.15, 0.2) is 5.69 Å². The minimum atomic E-state index is -2.57. The normalized spacial score (nSPS) is 10.7. The van der Waals surface area contributed by atoms with Crippen LogP contribution >= 0.6 is 0 Å². The number of nitrogens with zero attached hydrogens (tertiary/aromatic N) is 3. The van der Waals surface area contributed by atoms with Gasteiger partial charge in [0, 0.05) is 20.3 Å². The number of aromatic nitrogens is 2. The van der Waals surface area contributed by atoms with Crippen LogP contribution in [0.2, 0.25) is 0 Å². The Morgan fingerprint density at radius 1 is 1.73 bits per heavy atom. The molecule has 1 aromatic heterocycles. The number of hydrogen-bond acceptors (Lipinski definition) is 3. The van der Waals surface area contributed by atoms with Crippen molar-refractivity contribution < 1.29 is 13.6 Å². The van der Waals surface area contributed by atoms with E-state index >= 15 is 0 Å². The summed E-state index contributed by atoms with van der Waals surface area (Å²) < 4.78 is 25.4. The van der Waals surface area contributed by atoms with Crippen molar-refractivity contribution in [2.45, 2.75) is 6.43 Å². The second kappa shape index (κ2) is 4.24. The second-order valence-corrected chi connectivity index (χ2v) is 3.18. The lowest BCUT2D eigenvalue weighted by Gasteiger charge is -2.15. The van der Waals surface area contributed by atoms with Crippen molar-refractivity contribution in [2.75, 3.05) is 19.3 Å². The number of anilines is 1. The molecule has 84 valence electrons. The predicted octanol–water partition coefficient (Wildman–Crippen LogP) is 0.339. The summed E-state index contributed by atoms with van der Waals surface area (Å²) in [6, 6.07) is 0. The zero-order valence-electron chi connectivity index (χ0n) is 8.44. The van der Waals surface area contributed by atoms with Crippen LogP contribution in [0, 0.1) is 0 Å². The third-order valence-corrected chi connectivity index (χ3v) is 1.82. The molecule has 0 aliphatic carbocycles. The zero-order chi connectivity index (χ0) is 11.6. The Morgan fingerprint density at radius 3 is 2.73 bits per heavy atom. The van der Waals surface area contributed by atoms with Crippen molar-refractivity contribution in [2.24, 2.45) is 7.05 Å². The third-order valence-electron chi connectivity index (χ3n) is 1.82. The van der Waals surface area contributed by atoms with Crippen molar-refractivity contribution in [3.63, 3.8) is 0 Å². The summed E-state index contributed by atoms with van der Waals surface area (Å²) in [6.07, 6.45) is -1.12. The first-order valence-corrected chi connectivity index (χ1v) is 4.24. The summed E-state index contributed by atoms with van der Waals surface area (Å²) in [6.45, 7) is -0.630. The molecule has 1 amide bonds. The molecule has 2 N–H and O–H groups in total. The second-order valence-electron chi connectivity index (χ2n) is 3.18. The van der Waals surface area contributed by atoms with Crippen LogP contribution in [0.5, 0.6) is 0 Å². The zero-order valence-corrected chi connectivity index (χ0v) is 8.44. The van der Waals surface area contributed by atoms with Crippen LogP contribution in [-0.2, 0) is 7.05 Å². The van der Waals surface area contributed by atoms with E-state index in [4.69, 9.17) is 5.73 Å². The first kappa shape index (κ1) is 11.4. The molecule has 0 bridgehead atoms. The van der Waals surface area contributed by atoms with E-state index in [1.807, 2.05) is 0 Å². The van der Waals surface area contributed by atoms with Crippen molar-refractivity contribution in [3.8, 4) is 0 Å². The highest BCUT2D eigenvalue weighted by atomic mass is 19.3. The van der Waals surface area contributed by atoms with Crippen LogP contribution < -0.4 is 5.73 Å². The Hall–Kier alpha value is -1.66. The highest BCUT2D eigenvalue weighted by Gasteiger charge is 2.20. The molecule has 0 radical (unpaired) electrons. The van der Waals surface area contributed by atoms with E-state index in [0.29, 0.717) is 0 Å². The van der Waals surface area contributed by atoms with Crippen molar-refractivity contribution in [1.29, 1.82) is 0 Å². The van der Waals surface area contributed by atoms with Crippen LogP contribution in [0.3, 0.4) is 0 Å². The molecule has 0 aromatic carbocycles. The minimum absolute atomic E-state index is 0.000602. The molecule has 5 nitrogen and oxygen atoms in total. The molecule has 0 aliphatic heterocycles. The lowest BCUT2D eigenvalue weighted by molar-refractivity contribution is 0.0615. The van der Waals surface area contributed by atoms with Crippen LogP contribution in [0.15, 0.2) is 6.20 Å². The third kappa shape index (κ3) is 2.64. The van der Waals surface area contributed by atoms with E-state index in [9.17, 15) is 13.6 Å². The van der Waals surface area contributed by atoms with Gasteiger partial charge in [0.2, 0.25) is 0 Å². The molecule has 1 aromatic rings. The van der Waals surface area contributed by atoms with Gasteiger partial charge in [-0.1, -0.05) is 0 Å². The summed E-state index contributed by atoms with van der Waals surface area (Å²) in [5, 5.41) is 3.79. The van der Waals surface area contributed by atoms with Crippen LogP contribution in [0.25, 0.3) is 0 Å². The maximum atomic E-state index is 12.0. The quantitative estimate of drug-likeness (QED) is 0.795. The number of carbonyl (C=O) groups is 1. The maximum Gasteiger partial charge on any atom is 0.276 e. The number of nitrogen functional groups attached to an aromatic ring is 1. The van der Waals surface area contributed by atoms with Crippen molar-refractivity contribution in [1.82, 2.24) is 14.7 Å². The average Bonchev–Trinajstić information content (AvgIpc) is 2.42. The van der Waals surface area contributed by atoms with Gasteiger partial charge in [-0.3, -0.25) is 9.48 Å². The fraction of sp³-hybridized carbons (Fsp3) is 0.500. The number of amides is 1. The molecular weight excluding hydrogens is 206 g/mol. The number of nitrogens with two attached hydrogens (primary N) is 1. The Labute approximate surface area is 85.5 Å². The van der Waals surface area contributed by atoms with E-state index in [0.717, 1.165) is 4.90 Å². The minimum Gasteiger partial charge on any atom is -0.396 e. The van der Waals surface area contributed by atoms with Crippen LogP contribution in [0.4, 0.5) is 14.5 Å². The smallest absolute Gasteiger partial charge is 0.276 e. The number of alkyl halides is 2. The van der Waals surface area contributed by atoms with E-state index < -0.39 is 18.9 Å². The van der Waals surface area contributed by atoms with E-state index in [1.54, 1.807) is 7.05 Å². The highest BCUT2D eigenvalue weighted by Crippen LogP contribution is 2.11. The molecule has 7 heteroatoms. The number of aryl methyl sites for hydroxylation is 1. The van der Waals surface area contributed by atoms with Gasteiger partial charge in [0.25, 0.3) is 12.3 Å². The largest absolute Gasteiger partial charge is 0.396 e. The van der Waals surface area contributed by atoms with Crippen molar-refractivity contribution >= 4 is 11.6 Å². The molecule has 15 heavy (non-hydrogen) atoms. The standard InChI is InChI=1S/C8H12F2N4O/c1-13(4-6(9)10)8(15)7-5(11)3-14(2)12-7/h3,6H,4,11H2,1-2H3. The lowest BCUT2D eigenvalue weighted by Crippen LogP contribution is -2.32. The fourth-order valence-corrected chi connectivity index (χ4v) is 1.14. The molecule has 0 spiro atoms. The van der Waals surface area contributed by atoms with Gasteiger partial charge in [-0.15, -0.1) is 0 Å². The van der Waals surface area contributed by atoms with E-state index in [-0.39, 0.29) is 11.4 Å². The van der Waals surface area contributed by atoms with Gasteiger partial charge in [-0.25, -0.2) is 8.78 Å². The molecule has 1 heterocycles. The van der Waals surface area contributed by atoms with Gasteiger partial charge in [0.05, 0.1) is 12.2 Å². The first-order chi connectivity index (χ1) is 6.91. The topological polar surface area (TPSA) is 64.2 Å². The Morgan fingerprint density at radius 2 is 2.33 bits per heavy atom. The number of carbonyl (C=O) groups excluding carboxylic acids is 1. The van der Waals surface area contributed by atoms with Crippen molar-refractivity contribution in [3.05, 3.63) is 11.9 Å². The Bertz CT molecular complexity index is 364. The molecule has 1 rings (SSSR count). The molecule has 0 aliphatic rings. The lowest BCUT2D eigenvalue weighted by atomic mass is 10.3. The van der Waals surface area contributed by atoms with Gasteiger partial charge in [-0.05, 0) is 0 Å². The van der Waals surface area contributed by atoms with Crippen LogP contribution in [0.1, 0.15) is 10.5 Å².